The normalized spacial score (nSPS) is 10.8. The van der Waals surface area contributed by atoms with Gasteiger partial charge in [-0.2, -0.15) is 15.8 Å². The Kier molecular flexibility index (Phi) is 35.6. The largest absolute Gasteiger partial charge is 0.396 e. The standard InChI is InChI=1S/C35H36ClN5O3.C30H25ClN4O3.C30H21ClN4O3.C2H7NO/c1-23-18-26(31(36)19-27(23)22-38-15-17-43)10-12-33-30(20-37)29(13-14-39-33)28-7-5-8-32(24(28)2)41-35(44)34-11-9-25(21-40-34)6-3-4-16-42;2*1-18-12-21(26(31)13-22(18)17-37)7-9-28-25(14-32)24(10-11-33-28)23-4-3-5-27(19(23)2)35-30(38)29-8-6-20(16-36)15-34-29;3-1-2-4/h5,7-14,18-19,21,38,42-43H,3-4,6,15-17,22H2,1-2H3,(H,41,44);3-13,15,36-37H,16-17H2,1-2H3,(H,35,38);3-13,15-17H,1-2H3,(H,35,38);4H,1-3H2/b12-10+;2*9-7+;. The molecule has 0 saturated heterocycles. The van der Waals surface area contributed by atoms with E-state index in [2.05, 4.69) is 69.4 Å². The number of nitrogens with one attached hydrogen (secondary N) is 4. The van der Waals surface area contributed by atoms with Crippen molar-refractivity contribution in [2.45, 2.75) is 80.6 Å². The van der Waals surface area contributed by atoms with E-state index in [0.717, 1.165) is 103 Å². The Hall–Kier alpha value is -13.8. The number of hydrogen-bond acceptors (Lipinski definition) is 21. The molecule has 27 heteroatoms. The van der Waals surface area contributed by atoms with Gasteiger partial charge < -0.3 is 52.5 Å². The highest BCUT2D eigenvalue weighted by molar-refractivity contribution is 6.33. The van der Waals surface area contributed by atoms with Crippen LogP contribution in [0, 0.1) is 75.5 Å². The molecular formula is C97H89Cl3N14O10. The van der Waals surface area contributed by atoms with Gasteiger partial charge in [-0.1, -0.05) is 114 Å². The fourth-order valence-corrected chi connectivity index (χ4v) is 13.6. The number of nitrogens with two attached hydrogens (primary N) is 1. The number of aromatic nitrogens is 6. The number of anilines is 3. The molecule has 6 aromatic carbocycles. The van der Waals surface area contributed by atoms with Crippen LogP contribution in [0.15, 0.2) is 183 Å². The van der Waals surface area contributed by atoms with E-state index >= 15 is 0 Å². The predicted molar refractivity (Wildman–Crippen MR) is 487 cm³/mol. The van der Waals surface area contributed by atoms with Crippen molar-refractivity contribution in [1.82, 2.24) is 35.2 Å². The van der Waals surface area contributed by atoms with Crippen LogP contribution in [0.1, 0.15) is 171 Å². The SMILES string of the molecule is Cc1cc(/C=C/c2nccc(-c3cccc(NC(=O)c4ccc(C=O)cn4)c3C)c2C#N)c(Cl)cc1C=O.Cc1cc(/C=C/c2nccc(-c3cccc(NC(=O)c4ccc(CCCCO)cn4)c3C)c2C#N)c(Cl)cc1CNCCO.Cc1cc(/C=C/c2nccc(-c3cccc(NC(=O)c4ccc(CO)cn4)c3C)c2C#N)c(Cl)cc1CO.NCCO. The van der Waals surface area contributed by atoms with Gasteiger partial charge in [0.2, 0.25) is 0 Å². The zero-order valence-corrected chi connectivity index (χ0v) is 71.0. The highest BCUT2D eigenvalue weighted by Crippen LogP contribution is 2.37. The van der Waals surface area contributed by atoms with Gasteiger partial charge >= 0.3 is 0 Å². The van der Waals surface area contributed by atoms with Gasteiger partial charge in [0.15, 0.2) is 6.29 Å². The molecule has 0 fully saturated rings. The van der Waals surface area contributed by atoms with Crippen molar-refractivity contribution in [3.8, 4) is 51.6 Å². The first-order valence-corrected chi connectivity index (χ1v) is 40.2. The molecule has 0 bridgehead atoms. The Morgan fingerprint density at radius 1 is 0.419 bits per heavy atom. The van der Waals surface area contributed by atoms with Crippen LogP contribution >= 0.6 is 34.8 Å². The summed E-state index contributed by atoms with van der Waals surface area (Å²) in [4.78, 5) is 86.3. The molecule has 0 atom stereocenters. The lowest BCUT2D eigenvalue weighted by Crippen LogP contribution is -2.18. The van der Waals surface area contributed by atoms with Gasteiger partial charge in [-0.05, 0) is 253 Å². The van der Waals surface area contributed by atoms with Crippen LogP contribution in [0.3, 0.4) is 0 Å². The predicted octanol–water partition coefficient (Wildman–Crippen LogP) is 17.1. The lowest BCUT2D eigenvalue weighted by molar-refractivity contribution is 0.101. The third-order valence-electron chi connectivity index (χ3n) is 19.8. The zero-order valence-electron chi connectivity index (χ0n) is 68.7. The first-order valence-electron chi connectivity index (χ1n) is 39.0. The van der Waals surface area contributed by atoms with Crippen molar-refractivity contribution >= 4 is 119 Å². The zero-order chi connectivity index (χ0) is 89.4. The Labute approximate surface area is 733 Å². The van der Waals surface area contributed by atoms with Crippen molar-refractivity contribution in [1.29, 1.82) is 15.8 Å². The van der Waals surface area contributed by atoms with Crippen LogP contribution in [-0.4, -0.2) is 119 Å². The van der Waals surface area contributed by atoms with Crippen LogP contribution in [0.5, 0.6) is 0 Å². The molecule has 3 amide bonds. The number of aldehydes is 2. The van der Waals surface area contributed by atoms with E-state index in [-0.39, 0.29) is 56.2 Å². The number of pyridine rings is 6. The third-order valence-corrected chi connectivity index (χ3v) is 20.8. The summed E-state index contributed by atoms with van der Waals surface area (Å²) in [6, 6.07) is 49.3. The molecule has 0 aliphatic rings. The molecule has 11 N–H and O–H groups in total. The number of aryl methyl sites for hydroxylation is 4. The molecule has 124 heavy (non-hydrogen) atoms. The number of aliphatic hydroxyl groups is 5. The lowest BCUT2D eigenvalue weighted by atomic mass is 9.94. The number of amides is 3. The number of aliphatic hydroxyl groups excluding tert-OH is 5. The smallest absolute Gasteiger partial charge is 0.274 e. The Balaban J connectivity index is 0.000000207. The minimum Gasteiger partial charge on any atom is -0.396 e. The summed E-state index contributed by atoms with van der Waals surface area (Å²) in [5.41, 5.74) is 25.9. The number of unbranched alkanes of at least 4 members (excludes halogenated alkanes) is 1. The number of benzene rings is 6. The average Bonchev–Trinajstić information content (AvgIpc) is 0.797. The maximum Gasteiger partial charge on any atom is 0.274 e. The summed E-state index contributed by atoms with van der Waals surface area (Å²) >= 11 is 19.3. The molecule has 0 spiro atoms. The molecule has 6 heterocycles. The maximum atomic E-state index is 13.0. The monoisotopic (exact) mass is 1710 g/mol. The van der Waals surface area contributed by atoms with E-state index in [4.69, 9.17) is 55.9 Å². The fraction of sp³-hybridized carbons (Fsp3) is 0.175. The summed E-state index contributed by atoms with van der Waals surface area (Å²) in [5.74, 6) is -1.13. The van der Waals surface area contributed by atoms with Gasteiger partial charge in [0.25, 0.3) is 17.7 Å². The van der Waals surface area contributed by atoms with Crippen molar-refractivity contribution in [2.75, 3.05) is 48.9 Å². The molecule has 0 radical (unpaired) electrons. The first kappa shape index (κ1) is 94.1. The summed E-state index contributed by atoms with van der Waals surface area (Å²) in [6.45, 7) is 12.9. The summed E-state index contributed by atoms with van der Waals surface area (Å²) < 4.78 is 0. The van der Waals surface area contributed by atoms with E-state index in [0.29, 0.717) is 136 Å². The summed E-state index contributed by atoms with van der Waals surface area (Å²) in [7, 11) is 0. The van der Waals surface area contributed by atoms with Gasteiger partial charge in [-0.25, -0.2) is 0 Å². The molecule has 6 aromatic heterocycles. The molecule has 0 unspecified atom stereocenters. The number of carbonyl (C=O) groups is 5. The van der Waals surface area contributed by atoms with E-state index in [1.807, 2.05) is 108 Å². The number of hydrogen-bond donors (Lipinski definition) is 10. The molecule has 12 aromatic rings. The Morgan fingerprint density at radius 3 is 1.19 bits per heavy atom. The molecule has 12 rings (SSSR count). The highest BCUT2D eigenvalue weighted by Gasteiger charge is 2.22. The van der Waals surface area contributed by atoms with Crippen LogP contribution in [0.25, 0.3) is 69.8 Å². The van der Waals surface area contributed by atoms with Gasteiger partial charge in [-0.3, -0.25) is 53.9 Å². The minimum atomic E-state index is -0.422. The number of nitriles is 3. The van der Waals surface area contributed by atoms with Crippen molar-refractivity contribution in [3.63, 3.8) is 0 Å². The molecule has 0 saturated carbocycles. The van der Waals surface area contributed by atoms with E-state index in [9.17, 15) is 50.0 Å². The van der Waals surface area contributed by atoms with Crippen molar-refractivity contribution in [2.24, 2.45) is 5.73 Å². The van der Waals surface area contributed by atoms with Crippen LogP contribution in [0.2, 0.25) is 15.1 Å². The maximum absolute atomic E-state index is 13.0. The summed E-state index contributed by atoms with van der Waals surface area (Å²) in [6.07, 6.45) is 23.8. The van der Waals surface area contributed by atoms with E-state index in [1.165, 1.54) is 24.5 Å². The Bertz CT molecular complexity index is 6100. The van der Waals surface area contributed by atoms with Gasteiger partial charge in [0, 0.05) is 123 Å². The quantitative estimate of drug-likeness (QED) is 0.0161. The second kappa shape index (κ2) is 46.9. The molecule has 24 nitrogen and oxygen atoms in total. The number of halogens is 3. The highest BCUT2D eigenvalue weighted by atomic mass is 35.5. The van der Waals surface area contributed by atoms with E-state index in [1.54, 1.807) is 128 Å². The van der Waals surface area contributed by atoms with Crippen LogP contribution in [-0.2, 0) is 26.2 Å². The van der Waals surface area contributed by atoms with Gasteiger partial charge in [0.1, 0.15) is 41.6 Å². The van der Waals surface area contributed by atoms with Crippen molar-refractivity contribution < 1.29 is 49.5 Å². The molecule has 628 valence electrons. The topological polar surface area (TPSA) is 409 Å². The minimum absolute atomic E-state index is 0.0684. The van der Waals surface area contributed by atoms with Crippen LogP contribution < -0.4 is 27.0 Å². The van der Waals surface area contributed by atoms with E-state index < -0.39 is 5.91 Å². The summed E-state index contributed by atoms with van der Waals surface area (Å²) in [5, 5.41) is 88.0. The second-order valence-corrected chi connectivity index (χ2v) is 29.3. The Morgan fingerprint density at radius 2 is 0.823 bits per heavy atom. The molecule has 0 aliphatic carbocycles. The van der Waals surface area contributed by atoms with Crippen molar-refractivity contribution in [3.05, 3.63) is 332 Å². The second-order valence-electron chi connectivity index (χ2n) is 28.0. The molecular weight excluding hydrogens is 1630 g/mol. The van der Waals surface area contributed by atoms with Gasteiger partial charge in [-0.15, -0.1) is 0 Å². The lowest BCUT2D eigenvalue weighted by Gasteiger charge is -2.14. The fourth-order valence-electron chi connectivity index (χ4n) is 12.9. The van der Waals surface area contributed by atoms with Gasteiger partial charge in [0.05, 0.1) is 60.2 Å². The number of rotatable bonds is 28. The number of nitrogens with zero attached hydrogens (tertiary/aromatic N) is 9. The third kappa shape index (κ3) is 24.8. The van der Waals surface area contributed by atoms with Crippen LogP contribution in [0.4, 0.5) is 17.1 Å². The number of carbonyl (C=O) groups excluding carboxylic acids is 5. The first-order chi connectivity index (χ1) is 60.0. The average molecular weight is 1720 g/mol. The molecule has 0 aliphatic heterocycles.